The third-order valence-corrected chi connectivity index (χ3v) is 7.18. The van der Waals surface area contributed by atoms with Crippen LogP contribution in [0.4, 0.5) is 0 Å². The first-order chi connectivity index (χ1) is 13.9. The van der Waals surface area contributed by atoms with Crippen LogP contribution in [-0.2, 0) is 14.8 Å². The quantitative estimate of drug-likeness (QED) is 0.729. The van der Waals surface area contributed by atoms with Crippen LogP contribution in [0.25, 0.3) is 0 Å². The van der Waals surface area contributed by atoms with E-state index in [9.17, 15) is 18.3 Å². The van der Waals surface area contributed by atoms with Gasteiger partial charge in [0.2, 0.25) is 15.9 Å². The maximum Gasteiger partial charge on any atom is 0.248 e. The molecule has 1 amide bonds. The molecule has 0 spiro atoms. The van der Waals surface area contributed by atoms with Crippen LogP contribution in [0.5, 0.6) is 0 Å². The van der Waals surface area contributed by atoms with Crippen molar-refractivity contribution in [3.63, 3.8) is 0 Å². The lowest BCUT2D eigenvalue weighted by atomic mass is 9.96. The van der Waals surface area contributed by atoms with Crippen molar-refractivity contribution in [2.45, 2.75) is 10.9 Å². The lowest BCUT2D eigenvalue weighted by Crippen LogP contribution is -2.53. The highest BCUT2D eigenvalue weighted by Crippen LogP contribution is 2.31. The van der Waals surface area contributed by atoms with E-state index in [-0.39, 0.29) is 17.4 Å². The summed E-state index contributed by atoms with van der Waals surface area (Å²) in [5.41, 5.74) is 2.53. The van der Waals surface area contributed by atoms with Crippen molar-refractivity contribution in [2.24, 2.45) is 0 Å². The number of nitrogens with zero attached hydrogens (tertiary/aromatic N) is 4. The Balaban J connectivity index is 1.37. The maximum atomic E-state index is 12.6. The Hall–Kier alpha value is -2.93. The number of benzene rings is 1. The summed E-state index contributed by atoms with van der Waals surface area (Å²) in [5.74, 6) is -0.144. The van der Waals surface area contributed by atoms with Gasteiger partial charge in [-0.05, 0) is 47.5 Å². The van der Waals surface area contributed by atoms with Crippen LogP contribution in [0, 0.1) is 11.3 Å². The molecule has 2 saturated heterocycles. The number of aromatic nitrogens is 1. The largest absolute Gasteiger partial charge is 0.394 e. The van der Waals surface area contributed by atoms with Crippen molar-refractivity contribution in [2.75, 3.05) is 32.8 Å². The predicted octanol–water partition coefficient (Wildman–Crippen LogP) is 0.736. The molecule has 8 nitrogen and oxygen atoms in total. The fourth-order valence-corrected chi connectivity index (χ4v) is 4.91. The number of carbonyl (C=O) groups is 1. The molecule has 2 fully saturated rings. The number of rotatable bonds is 5. The van der Waals surface area contributed by atoms with Crippen molar-refractivity contribution in [3.05, 3.63) is 65.5 Å². The SMILES string of the molecule is N#Cc1ccc(S(=O)(=O)N2CC(=C3CN(C(=O)C(CO)n4cccc4)C3)C2)cc1. The number of hydrogen-bond acceptors (Lipinski definition) is 5. The van der Waals surface area contributed by atoms with Crippen molar-refractivity contribution >= 4 is 15.9 Å². The second-order valence-electron chi connectivity index (χ2n) is 7.14. The average molecular weight is 412 g/mol. The molecule has 150 valence electrons. The van der Waals surface area contributed by atoms with Crippen LogP contribution >= 0.6 is 0 Å². The van der Waals surface area contributed by atoms with E-state index in [1.165, 1.54) is 28.6 Å². The fourth-order valence-electron chi connectivity index (χ4n) is 3.48. The number of likely N-dealkylation sites (tertiary alicyclic amines) is 1. The third kappa shape index (κ3) is 3.46. The lowest BCUT2D eigenvalue weighted by Gasteiger charge is -2.42. The highest BCUT2D eigenvalue weighted by atomic mass is 32.2. The van der Waals surface area contributed by atoms with Gasteiger partial charge >= 0.3 is 0 Å². The Morgan fingerprint density at radius 2 is 1.66 bits per heavy atom. The van der Waals surface area contributed by atoms with Gasteiger partial charge < -0.3 is 14.6 Å². The van der Waals surface area contributed by atoms with Crippen LogP contribution in [0.1, 0.15) is 11.6 Å². The zero-order valence-corrected chi connectivity index (χ0v) is 16.4. The van der Waals surface area contributed by atoms with Crippen molar-refractivity contribution in [1.82, 2.24) is 13.8 Å². The van der Waals surface area contributed by atoms with E-state index in [2.05, 4.69) is 0 Å². The lowest BCUT2D eigenvalue weighted by molar-refractivity contribution is -0.137. The maximum absolute atomic E-state index is 12.6. The highest BCUT2D eigenvalue weighted by molar-refractivity contribution is 7.89. The van der Waals surface area contributed by atoms with Gasteiger partial charge in [-0.15, -0.1) is 0 Å². The van der Waals surface area contributed by atoms with Crippen LogP contribution in [0.3, 0.4) is 0 Å². The topological polar surface area (TPSA) is 107 Å². The minimum absolute atomic E-state index is 0.144. The Bertz CT molecular complexity index is 1080. The summed E-state index contributed by atoms with van der Waals surface area (Å²) in [6, 6.07) is 10.8. The fraction of sp³-hybridized carbons (Fsp3) is 0.300. The molecule has 2 aliphatic rings. The normalized spacial score (nSPS) is 18.0. The molecule has 9 heteroatoms. The second kappa shape index (κ2) is 7.48. The number of hydrogen-bond donors (Lipinski definition) is 1. The number of amides is 1. The molecule has 3 heterocycles. The standard InChI is InChI=1S/C20H20N4O4S/c21-9-15-3-5-18(6-4-15)29(27,28)24-12-17(13-24)16-10-23(11-16)20(26)19(14-25)22-7-1-2-8-22/h1-8,19,25H,10-14H2. The molecule has 0 bridgehead atoms. The van der Waals surface area contributed by atoms with E-state index in [1.807, 2.05) is 6.07 Å². The predicted molar refractivity (Wildman–Crippen MR) is 104 cm³/mol. The Morgan fingerprint density at radius 3 is 2.21 bits per heavy atom. The van der Waals surface area contributed by atoms with Gasteiger partial charge in [0.1, 0.15) is 6.04 Å². The summed E-state index contributed by atoms with van der Waals surface area (Å²) in [6.07, 6.45) is 3.49. The van der Waals surface area contributed by atoms with Gasteiger partial charge in [-0.25, -0.2) is 8.42 Å². The molecule has 1 atom stereocenters. The summed E-state index contributed by atoms with van der Waals surface area (Å²) >= 11 is 0. The molecule has 0 radical (unpaired) electrons. The molecular formula is C20H20N4O4S. The molecule has 0 aliphatic carbocycles. The van der Waals surface area contributed by atoms with E-state index < -0.39 is 16.1 Å². The molecular weight excluding hydrogens is 392 g/mol. The number of aliphatic hydroxyl groups excluding tert-OH is 1. The third-order valence-electron chi connectivity index (χ3n) is 5.38. The molecule has 1 unspecified atom stereocenters. The van der Waals surface area contributed by atoms with Crippen LogP contribution in [0.15, 0.2) is 64.8 Å². The van der Waals surface area contributed by atoms with Gasteiger partial charge in [0.05, 0.1) is 23.1 Å². The van der Waals surface area contributed by atoms with Gasteiger partial charge in [0, 0.05) is 38.6 Å². The van der Waals surface area contributed by atoms with Crippen molar-refractivity contribution in [1.29, 1.82) is 5.26 Å². The van der Waals surface area contributed by atoms with Crippen molar-refractivity contribution in [3.8, 4) is 6.07 Å². The van der Waals surface area contributed by atoms with Gasteiger partial charge in [0.15, 0.2) is 0 Å². The van der Waals surface area contributed by atoms with E-state index in [0.29, 0.717) is 31.7 Å². The monoisotopic (exact) mass is 412 g/mol. The van der Waals surface area contributed by atoms with Crippen molar-refractivity contribution < 1.29 is 18.3 Å². The molecule has 1 aromatic carbocycles. The number of nitriles is 1. The van der Waals surface area contributed by atoms with Gasteiger partial charge in [-0.1, -0.05) is 0 Å². The van der Waals surface area contributed by atoms with Gasteiger partial charge in [-0.3, -0.25) is 4.79 Å². The first kappa shape index (κ1) is 19.4. The van der Waals surface area contributed by atoms with Gasteiger partial charge in [0.25, 0.3) is 0 Å². The smallest absolute Gasteiger partial charge is 0.248 e. The zero-order valence-electron chi connectivity index (χ0n) is 15.6. The van der Waals surface area contributed by atoms with Crippen LogP contribution in [-0.4, -0.2) is 66.0 Å². The Morgan fingerprint density at radius 1 is 1.07 bits per heavy atom. The number of aliphatic hydroxyl groups is 1. The van der Waals surface area contributed by atoms with E-state index in [1.54, 1.807) is 34.0 Å². The Labute approximate surface area is 168 Å². The zero-order chi connectivity index (χ0) is 20.6. The summed E-state index contributed by atoms with van der Waals surface area (Å²) in [4.78, 5) is 14.4. The van der Waals surface area contributed by atoms with E-state index in [0.717, 1.165) is 11.1 Å². The minimum Gasteiger partial charge on any atom is -0.394 e. The van der Waals surface area contributed by atoms with Crippen LogP contribution in [0.2, 0.25) is 0 Å². The highest BCUT2D eigenvalue weighted by Gasteiger charge is 2.39. The second-order valence-corrected chi connectivity index (χ2v) is 9.08. The molecule has 2 aliphatic heterocycles. The summed E-state index contributed by atoms with van der Waals surface area (Å²) in [5, 5.41) is 18.4. The van der Waals surface area contributed by atoms with Crippen LogP contribution < -0.4 is 0 Å². The molecule has 0 saturated carbocycles. The molecule has 29 heavy (non-hydrogen) atoms. The molecule has 1 aromatic heterocycles. The summed E-state index contributed by atoms with van der Waals surface area (Å²) in [7, 11) is -3.58. The Kier molecular flexibility index (Phi) is 5.00. The van der Waals surface area contributed by atoms with E-state index in [4.69, 9.17) is 5.26 Å². The average Bonchev–Trinajstić information content (AvgIpc) is 3.17. The molecule has 1 N–H and O–H groups in total. The number of sulfonamides is 1. The van der Waals surface area contributed by atoms with Gasteiger partial charge in [-0.2, -0.15) is 9.57 Å². The first-order valence-electron chi connectivity index (χ1n) is 9.16. The number of carbonyl (C=O) groups excluding carboxylic acids is 1. The minimum atomic E-state index is -3.58. The summed E-state index contributed by atoms with van der Waals surface area (Å²) in [6.45, 7) is 1.31. The summed E-state index contributed by atoms with van der Waals surface area (Å²) < 4.78 is 28.4. The first-order valence-corrected chi connectivity index (χ1v) is 10.6. The molecule has 2 aromatic rings. The van der Waals surface area contributed by atoms with E-state index >= 15 is 0 Å². The molecule has 4 rings (SSSR count).